The molecular weight excluding hydrogens is 391 g/mol. The molecular formula is C21H23FN4O2S. The van der Waals surface area contributed by atoms with Crippen molar-refractivity contribution >= 4 is 17.7 Å². The molecule has 0 aliphatic heterocycles. The van der Waals surface area contributed by atoms with Gasteiger partial charge in [0.1, 0.15) is 11.6 Å². The molecule has 0 saturated heterocycles. The summed E-state index contributed by atoms with van der Waals surface area (Å²) in [4.78, 5) is 12.1. The molecule has 2 aromatic carbocycles. The van der Waals surface area contributed by atoms with E-state index in [1.807, 2.05) is 45.2 Å². The molecule has 1 aromatic heterocycles. The average molecular weight is 415 g/mol. The van der Waals surface area contributed by atoms with Crippen LogP contribution >= 0.6 is 11.8 Å². The van der Waals surface area contributed by atoms with Crippen molar-refractivity contribution in [3.63, 3.8) is 0 Å². The second-order valence-electron chi connectivity index (χ2n) is 6.66. The predicted octanol–water partition coefficient (Wildman–Crippen LogP) is 3.81. The van der Waals surface area contributed by atoms with E-state index in [0.717, 1.165) is 5.56 Å². The highest BCUT2D eigenvalue weighted by Gasteiger charge is 2.18. The highest BCUT2D eigenvalue weighted by atomic mass is 32.2. The Bertz CT molecular complexity index is 958. The third-order valence-corrected chi connectivity index (χ3v) is 5.32. The van der Waals surface area contributed by atoms with Gasteiger partial charge in [-0.15, -0.1) is 10.2 Å². The SMILES string of the molecule is Cc1ccc(CNC(=O)CSc2nnc(C(C)Oc3ccc(F)cc3)n2C)cc1. The van der Waals surface area contributed by atoms with E-state index < -0.39 is 0 Å². The Kier molecular flexibility index (Phi) is 6.87. The number of hydrogen-bond acceptors (Lipinski definition) is 5. The Labute approximate surface area is 173 Å². The first-order valence-electron chi connectivity index (χ1n) is 9.19. The Morgan fingerprint density at radius 1 is 1.17 bits per heavy atom. The molecule has 29 heavy (non-hydrogen) atoms. The lowest BCUT2D eigenvalue weighted by atomic mass is 10.1. The van der Waals surface area contributed by atoms with Crippen LogP contribution in [0.25, 0.3) is 0 Å². The number of benzene rings is 2. The fourth-order valence-electron chi connectivity index (χ4n) is 2.66. The highest BCUT2D eigenvalue weighted by Crippen LogP contribution is 2.23. The fraction of sp³-hybridized carbons (Fsp3) is 0.286. The largest absolute Gasteiger partial charge is 0.483 e. The van der Waals surface area contributed by atoms with E-state index in [0.29, 0.717) is 23.3 Å². The third-order valence-electron chi connectivity index (χ3n) is 4.30. The first-order chi connectivity index (χ1) is 13.9. The molecule has 0 radical (unpaired) electrons. The monoisotopic (exact) mass is 414 g/mol. The molecule has 0 aliphatic rings. The van der Waals surface area contributed by atoms with Crippen LogP contribution in [-0.2, 0) is 18.4 Å². The maximum Gasteiger partial charge on any atom is 0.230 e. The number of carbonyl (C=O) groups excluding carboxylic acids is 1. The number of halogens is 1. The van der Waals surface area contributed by atoms with Crippen molar-refractivity contribution in [2.24, 2.45) is 7.05 Å². The highest BCUT2D eigenvalue weighted by molar-refractivity contribution is 7.99. The van der Waals surface area contributed by atoms with Gasteiger partial charge in [0, 0.05) is 13.6 Å². The summed E-state index contributed by atoms with van der Waals surface area (Å²) in [5, 5.41) is 11.8. The van der Waals surface area contributed by atoms with Gasteiger partial charge in [0.2, 0.25) is 5.91 Å². The lowest BCUT2D eigenvalue weighted by Crippen LogP contribution is -2.24. The number of nitrogens with zero attached hydrogens (tertiary/aromatic N) is 3. The van der Waals surface area contributed by atoms with Crippen LogP contribution in [0.15, 0.2) is 53.7 Å². The molecule has 1 unspecified atom stereocenters. The number of nitrogens with one attached hydrogen (secondary N) is 1. The number of aryl methyl sites for hydroxylation is 1. The van der Waals surface area contributed by atoms with Crippen LogP contribution in [0.5, 0.6) is 5.75 Å². The van der Waals surface area contributed by atoms with Gasteiger partial charge >= 0.3 is 0 Å². The van der Waals surface area contributed by atoms with Gasteiger partial charge in [-0.05, 0) is 43.7 Å². The molecule has 0 fully saturated rings. The minimum absolute atomic E-state index is 0.0734. The normalized spacial score (nSPS) is 11.9. The van der Waals surface area contributed by atoms with Gasteiger partial charge < -0.3 is 14.6 Å². The summed E-state index contributed by atoms with van der Waals surface area (Å²) in [6.45, 7) is 4.36. The second kappa shape index (κ2) is 9.56. The van der Waals surface area contributed by atoms with Crippen LogP contribution in [0.2, 0.25) is 0 Å². The van der Waals surface area contributed by atoms with Crippen LogP contribution < -0.4 is 10.1 Å². The maximum atomic E-state index is 13.0. The Balaban J connectivity index is 1.51. The van der Waals surface area contributed by atoms with E-state index in [1.165, 1.54) is 29.5 Å². The number of amides is 1. The number of aromatic nitrogens is 3. The van der Waals surface area contributed by atoms with Crippen LogP contribution in [0.1, 0.15) is 30.0 Å². The van der Waals surface area contributed by atoms with Crippen LogP contribution in [-0.4, -0.2) is 26.4 Å². The first kappa shape index (κ1) is 20.9. The summed E-state index contributed by atoms with van der Waals surface area (Å²) in [6, 6.07) is 13.9. The van der Waals surface area contributed by atoms with Gasteiger partial charge in [0.25, 0.3) is 0 Å². The molecule has 8 heteroatoms. The first-order valence-corrected chi connectivity index (χ1v) is 10.2. The lowest BCUT2D eigenvalue weighted by molar-refractivity contribution is -0.118. The summed E-state index contributed by atoms with van der Waals surface area (Å²) in [5.74, 6) is 1.02. The van der Waals surface area contributed by atoms with Crippen molar-refractivity contribution < 1.29 is 13.9 Å². The molecule has 3 aromatic rings. The number of ether oxygens (including phenoxy) is 1. The minimum Gasteiger partial charge on any atom is -0.483 e. The van der Waals surface area contributed by atoms with Crippen molar-refractivity contribution in [3.05, 3.63) is 71.3 Å². The van der Waals surface area contributed by atoms with Gasteiger partial charge in [-0.2, -0.15) is 0 Å². The van der Waals surface area contributed by atoms with Crippen LogP contribution in [0.3, 0.4) is 0 Å². The van der Waals surface area contributed by atoms with Crippen molar-refractivity contribution in [1.29, 1.82) is 0 Å². The molecule has 1 atom stereocenters. The van der Waals surface area contributed by atoms with Gasteiger partial charge in [0.15, 0.2) is 17.1 Å². The quantitative estimate of drug-likeness (QED) is 0.568. The maximum absolute atomic E-state index is 13.0. The predicted molar refractivity (Wildman–Crippen MR) is 110 cm³/mol. The second-order valence-corrected chi connectivity index (χ2v) is 7.61. The summed E-state index contributed by atoms with van der Waals surface area (Å²) < 4.78 is 20.6. The van der Waals surface area contributed by atoms with E-state index in [4.69, 9.17) is 4.74 Å². The summed E-state index contributed by atoms with van der Waals surface area (Å²) in [7, 11) is 1.83. The van der Waals surface area contributed by atoms with Crippen molar-refractivity contribution in [3.8, 4) is 5.75 Å². The molecule has 3 rings (SSSR count). The van der Waals surface area contributed by atoms with E-state index in [-0.39, 0.29) is 23.6 Å². The van der Waals surface area contributed by atoms with Gasteiger partial charge in [0.05, 0.1) is 5.75 Å². The van der Waals surface area contributed by atoms with Crippen molar-refractivity contribution in [2.45, 2.75) is 31.7 Å². The molecule has 0 aliphatic carbocycles. The molecule has 152 valence electrons. The smallest absolute Gasteiger partial charge is 0.230 e. The molecule has 0 saturated carbocycles. The van der Waals surface area contributed by atoms with Gasteiger partial charge in [-0.1, -0.05) is 41.6 Å². The average Bonchev–Trinajstić information content (AvgIpc) is 3.08. The number of thioether (sulfide) groups is 1. The van der Waals surface area contributed by atoms with E-state index in [9.17, 15) is 9.18 Å². The molecule has 1 amide bonds. The van der Waals surface area contributed by atoms with Gasteiger partial charge in [-0.25, -0.2) is 4.39 Å². The molecule has 1 N–H and O–H groups in total. The summed E-state index contributed by atoms with van der Waals surface area (Å²) in [6.07, 6.45) is -0.373. The van der Waals surface area contributed by atoms with E-state index in [2.05, 4.69) is 15.5 Å². The van der Waals surface area contributed by atoms with Crippen LogP contribution in [0, 0.1) is 12.7 Å². The number of rotatable bonds is 8. The zero-order valence-electron chi connectivity index (χ0n) is 16.6. The molecule has 0 bridgehead atoms. The fourth-order valence-corrected chi connectivity index (χ4v) is 3.41. The molecule has 6 nitrogen and oxygen atoms in total. The standard InChI is InChI=1S/C21H23FN4O2S/c1-14-4-6-16(7-5-14)12-23-19(27)13-29-21-25-24-20(26(21)3)15(2)28-18-10-8-17(22)9-11-18/h4-11,15H,12-13H2,1-3H3,(H,23,27). The Hall–Kier alpha value is -2.87. The topological polar surface area (TPSA) is 69.0 Å². The summed E-state index contributed by atoms with van der Waals surface area (Å²) in [5.41, 5.74) is 2.24. The molecule has 0 spiro atoms. The molecule has 1 heterocycles. The number of hydrogen-bond donors (Lipinski definition) is 1. The van der Waals surface area contributed by atoms with Crippen molar-refractivity contribution in [1.82, 2.24) is 20.1 Å². The van der Waals surface area contributed by atoms with Gasteiger partial charge in [-0.3, -0.25) is 4.79 Å². The van der Waals surface area contributed by atoms with Crippen molar-refractivity contribution in [2.75, 3.05) is 5.75 Å². The lowest BCUT2D eigenvalue weighted by Gasteiger charge is -2.14. The van der Waals surface area contributed by atoms with Crippen LogP contribution in [0.4, 0.5) is 4.39 Å². The van der Waals surface area contributed by atoms with E-state index >= 15 is 0 Å². The summed E-state index contributed by atoms with van der Waals surface area (Å²) >= 11 is 1.31. The minimum atomic E-state index is -0.373. The number of carbonyl (C=O) groups is 1. The Morgan fingerprint density at radius 3 is 2.55 bits per heavy atom. The zero-order valence-corrected chi connectivity index (χ0v) is 17.4. The Morgan fingerprint density at radius 2 is 1.86 bits per heavy atom. The zero-order chi connectivity index (χ0) is 20.8. The van der Waals surface area contributed by atoms with E-state index in [1.54, 1.807) is 16.7 Å². The third kappa shape index (κ3) is 5.80.